The van der Waals surface area contributed by atoms with Crippen molar-refractivity contribution >= 4 is 36.7 Å². The van der Waals surface area contributed by atoms with Crippen molar-refractivity contribution in [2.75, 3.05) is 12.8 Å². The van der Waals surface area contributed by atoms with Crippen LogP contribution in [0.5, 0.6) is 5.88 Å². The van der Waals surface area contributed by atoms with E-state index in [-0.39, 0.29) is 53.8 Å². The van der Waals surface area contributed by atoms with Crippen LogP contribution in [-0.4, -0.2) is 75.8 Å². The molecule has 0 bridgehead atoms. The van der Waals surface area contributed by atoms with Crippen LogP contribution in [0.25, 0.3) is 11.0 Å². The molecule has 6 rings (SSSR count). The van der Waals surface area contributed by atoms with Crippen LogP contribution in [0.15, 0.2) is 71.1 Å². The molecule has 0 saturated heterocycles. The van der Waals surface area contributed by atoms with Gasteiger partial charge in [0.05, 0.1) is 12.1 Å². The molecule has 0 radical (unpaired) electrons. The summed E-state index contributed by atoms with van der Waals surface area (Å²) in [6.07, 6.45) is 5.61. The lowest BCUT2D eigenvalue weighted by Crippen LogP contribution is -2.36. The van der Waals surface area contributed by atoms with Crippen molar-refractivity contribution < 1.29 is 26.4 Å². The van der Waals surface area contributed by atoms with Crippen LogP contribution < -0.4 is 4.74 Å². The van der Waals surface area contributed by atoms with E-state index < -0.39 is 25.8 Å². The standard InChI is InChI=1S/C35H39N7O6S2/c1-6-28-21-41(50(46,47)32-9-8-14-36-34(32)48-28)20-26-16-25(11-10-22(26)3)30(29-12-13-31-33(23(29)4)39-40-42(31)7-2)17-27(43)15-24-18-37-35(38-19-24)49(5,44)45/h8-14,16,18-19,28,30H,6-7,15,17,20-21H2,1-5H3/t28-,30+/m1/s1. The van der Waals surface area contributed by atoms with Gasteiger partial charge in [-0.25, -0.2) is 36.5 Å². The van der Waals surface area contributed by atoms with Crippen molar-refractivity contribution in [3.05, 3.63) is 94.4 Å². The maximum atomic E-state index is 13.9. The number of hydrogen-bond acceptors (Lipinski definition) is 11. The van der Waals surface area contributed by atoms with Crippen molar-refractivity contribution in [3.63, 3.8) is 0 Å². The summed E-state index contributed by atoms with van der Waals surface area (Å²) >= 11 is 0. The Labute approximate surface area is 291 Å². The van der Waals surface area contributed by atoms with E-state index in [0.717, 1.165) is 45.1 Å². The molecule has 2 aromatic carbocycles. The number of carbonyl (C=O) groups excluding carboxylic acids is 1. The van der Waals surface area contributed by atoms with E-state index in [1.54, 1.807) is 6.07 Å². The minimum Gasteiger partial charge on any atom is -0.472 e. The van der Waals surface area contributed by atoms with Crippen LogP contribution in [-0.2, 0) is 44.2 Å². The maximum Gasteiger partial charge on any atom is 0.248 e. The highest BCUT2D eigenvalue weighted by Crippen LogP contribution is 2.36. The molecule has 2 atom stereocenters. The molecule has 5 aromatic rings. The molecule has 3 aromatic heterocycles. The summed E-state index contributed by atoms with van der Waals surface area (Å²) in [5.74, 6) is -0.411. The number of nitrogens with zero attached hydrogens (tertiary/aromatic N) is 7. The average Bonchev–Trinajstić information content (AvgIpc) is 3.47. The minimum atomic E-state index is -3.94. The third-order valence-electron chi connectivity index (χ3n) is 9.12. The van der Waals surface area contributed by atoms with E-state index >= 15 is 0 Å². The molecule has 15 heteroatoms. The third-order valence-corrected chi connectivity index (χ3v) is 11.8. The number of hydrogen-bond donors (Lipinski definition) is 0. The van der Waals surface area contributed by atoms with Gasteiger partial charge in [-0.15, -0.1) is 5.10 Å². The largest absolute Gasteiger partial charge is 0.472 e. The van der Waals surface area contributed by atoms with Gasteiger partial charge in [-0.2, -0.15) is 4.31 Å². The molecular formula is C35H39N7O6S2. The Kier molecular flexibility index (Phi) is 9.84. The highest BCUT2D eigenvalue weighted by atomic mass is 32.2. The Morgan fingerprint density at radius 3 is 2.52 bits per heavy atom. The van der Waals surface area contributed by atoms with Gasteiger partial charge in [-0.3, -0.25) is 4.79 Å². The molecule has 50 heavy (non-hydrogen) atoms. The molecule has 0 amide bonds. The van der Waals surface area contributed by atoms with E-state index in [9.17, 15) is 21.6 Å². The minimum absolute atomic E-state index is 0.00441. The zero-order valence-corrected chi connectivity index (χ0v) is 30.2. The first-order chi connectivity index (χ1) is 23.8. The summed E-state index contributed by atoms with van der Waals surface area (Å²) < 4.78 is 60.8. The number of carbonyl (C=O) groups is 1. The number of sulfone groups is 1. The number of benzene rings is 2. The third kappa shape index (κ3) is 7.02. The lowest BCUT2D eigenvalue weighted by molar-refractivity contribution is -0.118. The highest BCUT2D eigenvalue weighted by molar-refractivity contribution is 7.90. The van der Waals surface area contributed by atoms with Crippen molar-refractivity contribution in [1.82, 2.24) is 34.3 Å². The number of pyridine rings is 1. The molecule has 4 heterocycles. The first-order valence-electron chi connectivity index (χ1n) is 16.4. The number of aromatic nitrogens is 6. The second-order valence-electron chi connectivity index (χ2n) is 12.6. The molecule has 262 valence electrons. The van der Waals surface area contributed by atoms with Crippen LogP contribution >= 0.6 is 0 Å². The molecule has 0 N–H and O–H groups in total. The lowest BCUT2D eigenvalue weighted by atomic mass is 9.82. The fourth-order valence-corrected chi connectivity index (χ4v) is 8.32. The SMILES string of the molecule is CC[C@@H]1CN(Cc2cc([C@H](CC(=O)Cc3cnc(S(C)(=O)=O)nc3)c3ccc4c(nnn4CC)c3C)ccc2C)S(=O)(=O)c2cccnc2O1. The van der Waals surface area contributed by atoms with E-state index in [0.29, 0.717) is 18.5 Å². The second-order valence-corrected chi connectivity index (χ2v) is 16.4. The highest BCUT2D eigenvalue weighted by Gasteiger charge is 2.35. The summed E-state index contributed by atoms with van der Waals surface area (Å²) in [6.45, 7) is 8.76. The summed E-state index contributed by atoms with van der Waals surface area (Å²) in [6, 6.07) is 13.0. The zero-order valence-electron chi connectivity index (χ0n) is 28.6. The zero-order chi connectivity index (χ0) is 35.8. The van der Waals surface area contributed by atoms with E-state index in [1.165, 1.54) is 29.0 Å². The molecule has 0 fully saturated rings. The second kappa shape index (κ2) is 14.0. The van der Waals surface area contributed by atoms with Crippen LogP contribution in [0.1, 0.15) is 66.0 Å². The van der Waals surface area contributed by atoms with Gasteiger partial charge in [0.25, 0.3) is 0 Å². The molecular weight excluding hydrogens is 679 g/mol. The summed E-state index contributed by atoms with van der Waals surface area (Å²) in [7, 11) is -7.52. The molecule has 1 aliphatic rings. The molecule has 1 aliphatic heterocycles. The van der Waals surface area contributed by atoms with Crippen LogP contribution in [0.3, 0.4) is 0 Å². The molecule has 0 unspecified atom stereocenters. The van der Waals surface area contributed by atoms with Crippen LogP contribution in [0.4, 0.5) is 0 Å². The van der Waals surface area contributed by atoms with E-state index in [1.807, 2.05) is 62.7 Å². The van der Waals surface area contributed by atoms with Gasteiger partial charge >= 0.3 is 0 Å². The van der Waals surface area contributed by atoms with Gasteiger partial charge in [0, 0.05) is 56.7 Å². The molecule has 0 spiro atoms. The topological polar surface area (TPSA) is 167 Å². The molecule has 0 saturated carbocycles. The number of rotatable bonds is 11. The van der Waals surface area contributed by atoms with Gasteiger partial charge in [0.1, 0.15) is 22.3 Å². The Bertz CT molecular complexity index is 2290. The Balaban J connectivity index is 1.38. The predicted molar refractivity (Wildman–Crippen MR) is 186 cm³/mol. The number of ketones is 1. The summed E-state index contributed by atoms with van der Waals surface area (Å²) in [5.41, 5.74) is 6.46. The van der Waals surface area contributed by atoms with Gasteiger partial charge in [-0.05, 0) is 78.8 Å². The fourth-order valence-electron chi connectivity index (χ4n) is 6.31. The normalized spacial score (nSPS) is 16.8. The average molecular weight is 718 g/mol. The first-order valence-corrected chi connectivity index (χ1v) is 19.7. The van der Waals surface area contributed by atoms with Gasteiger partial charge in [0.15, 0.2) is 0 Å². The predicted octanol–water partition coefficient (Wildman–Crippen LogP) is 4.35. The lowest BCUT2D eigenvalue weighted by Gasteiger charge is -2.25. The van der Waals surface area contributed by atoms with Crippen molar-refractivity contribution in [2.24, 2.45) is 0 Å². The van der Waals surface area contributed by atoms with Gasteiger partial charge < -0.3 is 4.74 Å². The first kappa shape index (κ1) is 35.2. The van der Waals surface area contributed by atoms with Gasteiger partial charge in [-0.1, -0.05) is 36.4 Å². The van der Waals surface area contributed by atoms with E-state index in [2.05, 4.69) is 25.3 Å². The van der Waals surface area contributed by atoms with Crippen molar-refractivity contribution in [1.29, 1.82) is 0 Å². The Morgan fingerprint density at radius 2 is 1.82 bits per heavy atom. The number of aryl methyl sites for hydroxylation is 3. The van der Waals surface area contributed by atoms with Crippen molar-refractivity contribution in [2.45, 2.75) is 82.1 Å². The Morgan fingerprint density at radius 1 is 1.06 bits per heavy atom. The summed E-state index contributed by atoms with van der Waals surface area (Å²) in [4.78, 5) is 25.9. The van der Waals surface area contributed by atoms with Crippen molar-refractivity contribution in [3.8, 4) is 5.88 Å². The monoisotopic (exact) mass is 717 g/mol. The number of fused-ring (bicyclic) bond motifs is 2. The van der Waals surface area contributed by atoms with E-state index in [4.69, 9.17) is 4.74 Å². The fraction of sp³-hybridized carbons (Fsp3) is 0.371. The molecule has 13 nitrogen and oxygen atoms in total. The molecule has 0 aliphatic carbocycles. The van der Waals surface area contributed by atoms with Gasteiger partial charge in [0.2, 0.25) is 30.9 Å². The quantitative estimate of drug-likeness (QED) is 0.178. The maximum absolute atomic E-state index is 13.9. The van der Waals surface area contributed by atoms with Crippen LogP contribution in [0, 0.1) is 13.8 Å². The Hall–Kier alpha value is -4.60. The smallest absolute Gasteiger partial charge is 0.248 e. The summed E-state index contributed by atoms with van der Waals surface area (Å²) in [5, 5.41) is 8.44. The van der Waals surface area contributed by atoms with Crippen LogP contribution in [0.2, 0.25) is 0 Å². The number of Topliss-reactive ketones (excluding diaryl/α,β-unsaturated/α-hetero) is 1. The number of ether oxygens (including phenoxy) is 1. The number of sulfonamides is 1.